The van der Waals surface area contributed by atoms with Crippen LogP contribution in [-0.4, -0.2) is 38.9 Å². The van der Waals surface area contributed by atoms with E-state index in [0.717, 1.165) is 54.9 Å². The highest BCUT2D eigenvalue weighted by atomic mass is 16.1. The molecule has 0 aromatic carbocycles. The molecule has 1 saturated carbocycles. The summed E-state index contributed by atoms with van der Waals surface area (Å²) in [5.41, 5.74) is 2.16. The van der Waals surface area contributed by atoms with Gasteiger partial charge in [-0.2, -0.15) is 5.26 Å². The first-order valence-corrected chi connectivity index (χ1v) is 9.84. The van der Waals surface area contributed by atoms with Gasteiger partial charge in [-0.05, 0) is 42.9 Å². The number of hydrogen-bond acceptors (Lipinski definition) is 6. The number of nitrogens with zero attached hydrogens (tertiary/aromatic N) is 5. The molecular formula is C21H21N7O. The van der Waals surface area contributed by atoms with E-state index in [1.807, 2.05) is 12.3 Å². The zero-order valence-corrected chi connectivity index (χ0v) is 15.9. The van der Waals surface area contributed by atoms with Gasteiger partial charge in [0.15, 0.2) is 0 Å². The second kappa shape index (κ2) is 6.85. The minimum absolute atomic E-state index is 0.0145. The number of rotatable bonds is 4. The monoisotopic (exact) mass is 387 g/mol. The Balaban J connectivity index is 1.27. The standard InChI is InChI=1S/C21H21N7O/c22-9-14-1-2-15(24-10-14)11-25-20(29)17-4-8-28(12-21(17)5-6-21)19-16-3-7-23-18(16)26-13-27-19/h1-3,7,10,13,17H,4-6,8,11-12H2,(H,25,29)(H,23,26,27). The zero-order chi connectivity index (χ0) is 19.8. The van der Waals surface area contributed by atoms with E-state index in [1.165, 1.54) is 6.20 Å². The molecule has 8 nitrogen and oxygen atoms in total. The minimum atomic E-state index is 0.0145. The third-order valence-electron chi connectivity index (χ3n) is 6.17. The summed E-state index contributed by atoms with van der Waals surface area (Å²) in [6, 6.07) is 7.56. The van der Waals surface area contributed by atoms with Gasteiger partial charge in [-0.15, -0.1) is 0 Å². The van der Waals surface area contributed by atoms with Crippen molar-refractivity contribution >= 4 is 22.8 Å². The van der Waals surface area contributed by atoms with Crippen molar-refractivity contribution in [3.05, 3.63) is 48.2 Å². The van der Waals surface area contributed by atoms with Crippen molar-refractivity contribution in [3.63, 3.8) is 0 Å². The molecule has 4 heterocycles. The molecule has 8 heteroatoms. The molecule has 0 radical (unpaired) electrons. The van der Waals surface area contributed by atoms with Crippen molar-refractivity contribution in [3.8, 4) is 6.07 Å². The highest BCUT2D eigenvalue weighted by Gasteiger charge is 2.55. The Kier molecular flexibility index (Phi) is 4.16. The van der Waals surface area contributed by atoms with Crippen LogP contribution in [0.2, 0.25) is 0 Å². The van der Waals surface area contributed by atoms with E-state index in [0.29, 0.717) is 12.1 Å². The third kappa shape index (κ3) is 3.18. The maximum absolute atomic E-state index is 12.9. The van der Waals surface area contributed by atoms with Gasteiger partial charge in [-0.3, -0.25) is 9.78 Å². The predicted molar refractivity (Wildman–Crippen MR) is 107 cm³/mol. The Morgan fingerprint density at radius 2 is 2.21 bits per heavy atom. The average Bonchev–Trinajstić information content (AvgIpc) is 3.34. The molecule has 5 rings (SSSR count). The second-order valence-electron chi connectivity index (χ2n) is 7.93. The highest BCUT2D eigenvalue weighted by Crippen LogP contribution is 2.56. The number of piperidine rings is 1. The zero-order valence-electron chi connectivity index (χ0n) is 15.9. The van der Waals surface area contributed by atoms with E-state index in [-0.39, 0.29) is 17.2 Å². The van der Waals surface area contributed by atoms with Crippen molar-refractivity contribution < 1.29 is 4.79 Å². The van der Waals surface area contributed by atoms with Crippen molar-refractivity contribution in [2.45, 2.75) is 25.8 Å². The lowest BCUT2D eigenvalue weighted by molar-refractivity contribution is -0.128. The van der Waals surface area contributed by atoms with E-state index in [9.17, 15) is 4.79 Å². The molecule has 1 aliphatic heterocycles. The fourth-order valence-electron chi connectivity index (χ4n) is 4.42. The molecule has 29 heavy (non-hydrogen) atoms. The number of hydrogen-bond donors (Lipinski definition) is 2. The Labute approximate surface area is 168 Å². The number of carbonyl (C=O) groups excluding carboxylic acids is 1. The highest BCUT2D eigenvalue weighted by molar-refractivity contribution is 5.87. The molecule has 1 spiro atoms. The third-order valence-corrected chi connectivity index (χ3v) is 6.17. The van der Waals surface area contributed by atoms with E-state index < -0.39 is 0 Å². The van der Waals surface area contributed by atoms with E-state index in [4.69, 9.17) is 5.26 Å². The van der Waals surface area contributed by atoms with Gasteiger partial charge in [-0.25, -0.2) is 9.97 Å². The molecule has 1 atom stereocenters. The number of pyridine rings is 1. The van der Waals surface area contributed by atoms with Crippen LogP contribution in [0.3, 0.4) is 0 Å². The summed E-state index contributed by atoms with van der Waals surface area (Å²) in [5, 5.41) is 12.9. The van der Waals surface area contributed by atoms with Gasteiger partial charge < -0.3 is 15.2 Å². The van der Waals surface area contributed by atoms with Gasteiger partial charge in [-0.1, -0.05) is 0 Å². The summed E-state index contributed by atoms with van der Waals surface area (Å²) in [6.45, 7) is 2.03. The first-order valence-electron chi connectivity index (χ1n) is 9.84. The summed E-state index contributed by atoms with van der Waals surface area (Å²) < 4.78 is 0. The lowest BCUT2D eigenvalue weighted by Crippen LogP contribution is -2.48. The molecule has 3 aromatic heterocycles. The van der Waals surface area contributed by atoms with Crippen LogP contribution in [0.15, 0.2) is 36.9 Å². The molecule has 2 N–H and O–H groups in total. The van der Waals surface area contributed by atoms with Crippen LogP contribution in [0.4, 0.5) is 5.82 Å². The van der Waals surface area contributed by atoms with Crippen molar-refractivity contribution in [2.24, 2.45) is 11.3 Å². The van der Waals surface area contributed by atoms with Crippen molar-refractivity contribution in [1.82, 2.24) is 25.3 Å². The second-order valence-corrected chi connectivity index (χ2v) is 7.93. The molecule has 1 unspecified atom stereocenters. The molecular weight excluding hydrogens is 366 g/mol. The summed E-state index contributed by atoms with van der Waals surface area (Å²) in [6.07, 6.45) is 7.95. The minimum Gasteiger partial charge on any atom is -0.355 e. The van der Waals surface area contributed by atoms with Crippen molar-refractivity contribution in [1.29, 1.82) is 5.26 Å². The topological polar surface area (TPSA) is 111 Å². The molecule has 1 amide bonds. The van der Waals surface area contributed by atoms with Crippen molar-refractivity contribution in [2.75, 3.05) is 18.0 Å². The first kappa shape index (κ1) is 17.6. The van der Waals surface area contributed by atoms with Gasteiger partial charge in [0.25, 0.3) is 0 Å². The van der Waals surface area contributed by atoms with E-state index in [2.05, 4.69) is 36.2 Å². The summed E-state index contributed by atoms with van der Waals surface area (Å²) in [4.78, 5) is 31.4. The average molecular weight is 387 g/mol. The molecule has 146 valence electrons. The molecule has 1 saturated heterocycles. The number of aromatic amines is 1. The Bertz CT molecular complexity index is 1090. The summed E-state index contributed by atoms with van der Waals surface area (Å²) in [7, 11) is 0. The number of carbonyl (C=O) groups is 1. The number of nitriles is 1. The van der Waals surface area contributed by atoms with Crippen LogP contribution in [0.25, 0.3) is 11.0 Å². The predicted octanol–water partition coefficient (Wildman–Crippen LogP) is 2.15. The normalized spacial score (nSPS) is 19.8. The lowest BCUT2D eigenvalue weighted by atomic mass is 9.81. The van der Waals surface area contributed by atoms with Gasteiger partial charge in [0.1, 0.15) is 23.9 Å². The number of aromatic nitrogens is 4. The fraction of sp³-hybridized carbons (Fsp3) is 0.381. The number of nitrogens with one attached hydrogen (secondary N) is 2. The molecule has 0 bridgehead atoms. The van der Waals surface area contributed by atoms with Crippen LogP contribution < -0.4 is 10.2 Å². The lowest BCUT2D eigenvalue weighted by Gasteiger charge is -2.39. The summed E-state index contributed by atoms with van der Waals surface area (Å²) >= 11 is 0. The fourth-order valence-corrected chi connectivity index (χ4v) is 4.42. The van der Waals surface area contributed by atoms with Crippen LogP contribution in [0.1, 0.15) is 30.5 Å². The Morgan fingerprint density at radius 1 is 1.31 bits per heavy atom. The SMILES string of the molecule is N#Cc1ccc(CNC(=O)C2CCN(c3ncnc4[nH]ccc34)CC23CC3)nc1. The van der Waals surface area contributed by atoms with Crippen LogP contribution in [0, 0.1) is 22.7 Å². The Hall–Kier alpha value is -3.47. The molecule has 1 aliphatic carbocycles. The van der Waals surface area contributed by atoms with Crippen LogP contribution >= 0.6 is 0 Å². The summed E-state index contributed by atoms with van der Waals surface area (Å²) in [5.74, 6) is 1.06. The maximum atomic E-state index is 12.9. The Morgan fingerprint density at radius 3 is 2.97 bits per heavy atom. The maximum Gasteiger partial charge on any atom is 0.224 e. The van der Waals surface area contributed by atoms with E-state index in [1.54, 1.807) is 18.5 Å². The number of H-pyrrole nitrogens is 1. The van der Waals surface area contributed by atoms with Crippen LogP contribution in [0.5, 0.6) is 0 Å². The first-order chi connectivity index (χ1) is 14.2. The van der Waals surface area contributed by atoms with Gasteiger partial charge in [0, 0.05) is 31.4 Å². The number of anilines is 1. The van der Waals surface area contributed by atoms with E-state index >= 15 is 0 Å². The smallest absolute Gasteiger partial charge is 0.224 e. The van der Waals surface area contributed by atoms with Crippen LogP contribution in [-0.2, 0) is 11.3 Å². The van der Waals surface area contributed by atoms with Gasteiger partial charge in [0.05, 0.1) is 23.2 Å². The molecule has 2 fully saturated rings. The molecule has 2 aliphatic rings. The van der Waals surface area contributed by atoms with Gasteiger partial charge >= 0.3 is 0 Å². The quantitative estimate of drug-likeness (QED) is 0.710. The largest absolute Gasteiger partial charge is 0.355 e. The van der Waals surface area contributed by atoms with Gasteiger partial charge in [0.2, 0.25) is 5.91 Å². The number of amides is 1. The number of fused-ring (bicyclic) bond motifs is 1. The molecule has 3 aromatic rings.